The van der Waals surface area contributed by atoms with Gasteiger partial charge in [0.1, 0.15) is 0 Å². The van der Waals surface area contributed by atoms with Crippen molar-refractivity contribution in [3.05, 3.63) is 52.6 Å². The van der Waals surface area contributed by atoms with Gasteiger partial charge in [-0.25, -0.2) is 0 Å². The lowest BCUT2D eigenvalue weighted by atomic mass is 10.0. The fourth-order valence-corrected chi connectivity index (χ4v) is 1.94. The molecule has 0 radical (unpaired) electrons. The summed E-state index contributed by atoms with van der Waals surface area (Å²) in [7, 11) is 0. The van der Waals surface area contributed by atoms with Crippen LogP contribution in [0.2, 0.25) is 0 Å². The SMILES string of the molecule is CC1=C(C)CC(c2cccc(C(F)(F)F)c2)=C1. The predicted octanol–water partition coefficient (Wildman–Crippen LogP) is 4.83. The largest absolute Gasteiger partial charge is 0.416 e. The number of halogens is 3. The van der Waals surface area contributed by atoms with E-state index in [2.05, 4.69) is 0 Å². The van der Waals surface area contributed by atoms with E-state index in [-0.39, 0.29) is 0 Å². The lowest BCUT2D eigenvalue weighted by molar-refractivity contribution is -0.137. The van der Waals surface area contributed by atoms with Gasteiger partial charge < -0.3 is 0 Å². The number of alkyl halides is 3. The lowest BCUT2D eigenvalue weighted by Gasteiger charge is -2.09. The molecular weight excluding hydrogens is 225 g/mol. The average molecular weight is 238 g/mol. The molecular formula is C14H13F3. The van der Waals surface area contributed by atoms with Crippen LogP contribution in [0.3, 0.4) is 0 Å². The first kappa shape index (κ1) is 12.0. The van der Waals surface area contributed by atoms with Gasteiger partial charge in [-0.3, -0.25) is 0 Å². The van der Waals surface area contributed by atoms with Gasteiger partial charge in [-0.2, -0.15) is 13.2 Å². The summed E-state index contributed by atoms with van der Waals surface area (Å²) in [6, 6.07) is 5.51. The molecule has 2 rings (SSSR count). The van der Waals surface area contributed by atoms with Gasteiger partial charge in [0.05, 0.1) is 5.56 Å². The van der Waals surface area contributed by atoms with Crippen LogP contribution in [0.1, 0.15) is 31.4 Å². The second kappa shape index (κ2) is 4.06. The molecule has 0 fully saturated rings. The van der Waals surface area contributed by atoms with Gasteiger partial charge in [-0.05, 0) is 43.5 Å². The summed E-state index contributed by atoms with van der Waals surface area (Å²) < 4.78 is 37.7. The molecule has 1 aliphatic carbocycles. The summed E-state index contributed by atoms with van der Waals surface area (Å²) >= 11 is 0. The van der Waals surface area contributed by atoms with Crippen LogP contribution in [0.15, 0.2) is 41.5 Å². The Morgan fingerprint density at radius 1 is 1.12 bits per heavy atom. The molecule has 0 heterocycles. The molecule has 0 bridgehead atoms. The maximum absolute atomic E-state index is 12.6. The van der Waals surface area contributed by atoms with Gasteiger partial charge in [-0.1, -0.05) is 29.4 Å². The maximum Gasteiger partial charge on any atom is 0.416 e. The zero-order valence-electron chi connectivity index (χ0n) is 9.73. The van der Waals surface area contributed by atoms with Crippen LogP contribution in [0.4, 0.5) is 13.2 Å². The smallest absolute Gasteiger partial charge is 0.166 e. The van der Waals surface area contributed by atoms with Gasteiger partial charge in [0, 0.05) is 0 Å². The molecule has 1 aromatic carbocycles. The van der Waals surface area contributed by atoms with E-state index in [0.29, 0.717) is 5.56 Å². The molecule has 0 amide bonds. The molecule has 1 aliphatic rings. The molecule has 0 unspecified atom stereocenters. The highest BCUT2D eigenvalue weighted by molar-refractivity contribution is 5.74. The third-order valence-corrected chi connectivity index (χ3v) is 3.08. The Hall–Kier alpha value is -1.51. The number of rotatable bonds is 1. The van der Waals surface area contributed by atoms with E-state index in [0.717, 1.165) is 23.6 Å². The van der Waals surface area contributed by atoms with Crippen LogP contribution in [-0.2, 0) is 6.18 Å². The van der Waals surface area contributed by atoms with E-state index >= 15 is 0 Å². The molecule has 0 atom stereocenters. The average Bonchev–Trinajstić information content (AvgIpc) is 2.58. The van der Waals surface area contributed by atoms with Gasteiger partial charge in [0.15, 0.2) is 0 Å². The Balaban J connectivity index is 2.34. The third-order valence-electron chi connectivity index (χ3n) is 3.08. The van der Waals surface area contributed by atoms with Crippen LogP contribution in [0, 0.1) is 0 Å². The van der Waals surface area contributed by atoms with Gasteiger partial charge >= 0.3 is 6.18 Å². The van der Waals surface area contributed by atoms with E-state index in [1.165, 1.54) is 17.7 Å². The molecule has 1 aromatic rings. The molecule has 0 saturated heterocycles. The molecule has 0 spiro atoms. The zero-order valence-corrected chi connectivity index (χ0v) is 9.73. The van der Waals surface area contributed by atoms with Gasteiger partial charge in [0.2, 0.25) is 0 Å². The highest BCUT2D eigenvalue weighted by Gasteiger charge is 2.30. The number of benzene rings is 1. The third kappa shape index (κ3) is 2.43. The van der Waals surface area contributed by atoms with E-state index in [1.54, 1.807) is 6.07 Å². The monoisotopic (exact) mass is 238 g/mol. The first-order chi connectivity index (χ1) is 7.88. The van der Waals surface area contributed by atoms with Crippen LogP contribution < -0.4 is 0 Å². The first-order valence-corrected chi connectivity index (χ1v) is 5.42. The van der Waals surface area contributed by atoms with Crippen LogP contribution in [0.5, 0.6) is 0 Å². The molecule has 0 aromatic heterocycles. The molecule has 0 nitrogen and oxygen atoms in total. The summed E-state index contributed by atoms with van der Waals surface area (Å²) in [4.78, 5) is 0. The fourth-order valence-electron chi connectivity index (χ4n) is 1.94. The fraction of sp³-hybridized carbons (Fsp3) is 0.286. The molecule has 0 aliphatic heterocycles. The minimum Gasteiger partial charge on any atom is -0.166 e. The van der Waals surface area contributed by atoms with Crippen LogP contribution in [-0.4, -0.2) is 0 Å². The Morgan fingerprint density at radius 3 is 2.35 bits per heavy atom. The van der Waals surface area contributed by atoms with Crippen molar-refractivity contribution in [2.24, 2.45) is 0 Å². The van der Waals surface area contributed by atoms with E-state index < -0.39 is 11.7 Å². The second-order valence-electron chi connectivity index (χ2n) is 4.39. The summed E-state index contributed by atoms with van der Waals surface area (Å²) in [6.45, 7) is 3.99. The zero-order chi connectivity index (χ0) is 12.6. The Labute approximate surface area is 98.5 Å². The molecule has 17 heavy (non-hydrogen) atoms. The molecule has 3 heteroatoms. The van der Waals surface area contributed by atoms with E-state index in [1.807, 2.05) is 19.9 Å². The summed E-state index contributed by atoms with van der Waals surface area (Å²) in [5.74, 6) is 0. The minimum atomic E-state index is -4.27. The van der Waals surface area contributed by atoms with Crippen molar-refractivity contribution in [1.29, 1.82) is 0 Å². The quantitative estimate of drug-likeness (QED) is 0.657. The number of allylic oxidation sites excluding steroid dienone is 4. The Bertz CT molecular complexity index is 504. The Morgan fingerprint density at radius 2 is 1.82 bits per heavy atom. The van der Waals surface area contributed by atoms with Crippen molar-refractivity contribution in [2.75, 3.05) is 0 Å². The van der Waals surface area contributed by atoms with Crippen molar-refractivity contribution in [2.45, 2.75) is 26.4 Å². The topological polar surface area (TPSA) is 0 Å². The maximum atomic E-state index is 12.6. The van der Waals surface area contributed by atoms with Crippen molar-refractivity contribution >= 4 is 5.57 Å². The molecule has 0 saturated carbocycles. The minimum absolute atomic E-state index is 0.585. The van der Waals surface area contributed by atoms with Gasteiger partial charge in [0.25, 0.3) is 0 Å². The second-order valence-corrected chi connectivity index (χ2v) is 4.39. The summed E-state index contributed by atoms with van der Waals surface area (Å²) in [5, 5.41) is 0. The highest BCUT2D eigenvalue weighted by atomic mass is 19.4. The summed E-state index contributed by atoms with van der Waals surface area (Å²) in [6.07, 6.45) is -1.56. The van der Waals surface area contributed by atoms with Crippen molar-refractivity contribution in [3.63, 3.8) is 0 Å². The van der Waals surface area contributed by atoms with E-state index in [4.69, 9.17) is 0 Å². The Kier molecular flexibility index (Phi) is 2.86. The van der Waals surface area contributed by atoms with Crippen molar-refractivity contribution in [1.82, 2.24) is 0 Å². The molecule has 0 N–H and O–H groups in total. The number of hydrogen-bond donors (Lipinski definition) is 0. The highest BCUT2D eigenvalue weighted by Crippen LogP contribution is 2.35. The number of hydrogen-bond acceptors (Lipinski definition) is 0. The molecule has 90 valence electrons. The predicted molar refractivity (Wildman–Crippen MR) is 62.4 cm³/mol. The standard InChI is InChI=1S/C14H13F3/c1-9-6-12(7-10(9)2)11-4-3-5-13(8-11)14(15,16)17/h3-6,8H,7H2,1-2H3. The van der Waals surface area contributed by atoms with Crippen LogP contribution >= 0.6 is 0 Å². The normalized spacial score (nSPS) is 16.4. The van der Waals surface area contributed by atoms with E-state index in [9.17, 15) is 13.2 Å². The first-order valence-electron chi connectivity index (χ1n) is 5.42. The summed E-state index contributed by atoms with van der Waals surface area (Å²) in [5.41, 5.74) is 3.41. The van der Waals surface area contributed by atoms with Crippen LogP contribution in [0.25, 0.3) is 5.57 Å². The van der Waals surface area contributed by atoms with Gasteiger partial charge in [-0.15, -0.1) is 0 Å². The van der Waals surface area contributed by atoms with Crippen molar-refractivity contribution < 1.29 is 13.2 Å². The lowest BCUT2D eigenvalue weighted by Crippen LogP contribution is -2.04. The van der Waals surface area contributed by atoms with Crippen molar-refractivity contribution in [3.8, 4) is 0 Å².